The Morgan fingerprint density at radius 3 is 2.70 bits per heavy atom. The molecule has 3 heteroatoms. The van der Waals surface area contributed by atoms with Gasteiger partial charge < -0.3 is 5.32 Å². The van der Waals surface area contributed by atoms with Crippen LogP contribution in [0, 0.1) is 0 Å². The van der Waals surface area contributed by atoms with Gasteiger partial charge in [-0.15, -0.1) is 0 Å². The molecule has 2 N–H and O–H groups in total. The highest BCUT2D eigenvalue weighted by Crippen LogP contribution is 2.14. The molecule has 0 spiro atoms. The smallest absolute Gasteiger partial charge is 0.0547 e. The molecule has 56 valence electrons. The highest BCUT2D eigenvalue weighted by atomic mass is 15.1. The largest absolute Gasteiger partial charge is 0.310 e. The third-order valence-electron chi connectivity index (χ3n) is 1.80. The molecule has 0 unspecified atom stereocenters. The predicted molar refractivity (Wildman–Crippen MR) is 40.7 cm³/mol. The summed E-state index contributed by atoms with van der Waals surface area (Å²) in [5.74, 6) is 0. The van der Waals surface area contributed by atoms with Gasteiger partial charge in [-0.3, -0.25) is 5.10 Å². The highest BCUT2D eigenvalue weighted by molar-refractivity contribution is 5.09. The number of H-pyrrole nitrogens is 1. The van der Waals surface area contributed by atoms with E-state index in [0.29, 0.717) is 0 Å². The zero-order valence-corrected chi connectivity index (χ0v) is 6.60. The van der Waals surface area contributed by atoms with Crippen molar-refractivity contribution in [2.75, 3.05) is 7.05 Å². The SMILES string of the molecule is CNC(C)(C)c1ccn[nH]1. The fraction of sp³-hybridized carbons (Fsp3) is 0.571. The molecule has 0 aliphatic rings. The maximum absolute atomic E-state index is 3.87. The van der Waals surface area contributed by atoms with Gasteiger partial charge in [-0.05, 0) is 27.0 Å². The lowest BCUT2D eigenvalue weighted by Crippen LogP contribution is -2.33. The van der Waals surface area contributed by atoms with Crippen molar-refractivity contribution in [3.63, 3.8) is 0 Å². The molecule has 1 heterocycles. The summed E-state index contributed by atoms with van der Waals surface area (Å²) in [7, 11) is 1.93. The number of nitrogens with zero attached hydrogens (tertiary/aromatic N) is 1. The zero-order valence-electron chi connectivity index (χ0n) is 6.60. The fourth-order valence-corrected chi connectivity index (χ4v) is 0.739. The number of hydrogen-bond acceptors (Lipinski definition) is 2. The second-order valence-corrected chi connectivity index (χ2v) is 2.85. The molecule has 10 heavy (non-hydrogen) atoms. The molecule has 1 rings (SSSR count). The standard InChI is InChI=1S/C7H13N3/c1-7(2,8-3)6-4-5-9-10-6/h4-5,8H,1-3H3,(H,9,10). The molecule has 0 atom stereocenters. The van der Waals surface area contributed by atoms with Crippen LogP contribution in [0.2, 0.25) is 0 Å². The summed E-state index contributed by atoms with van der Waals surface area (Å²) < 4.78 is 0. The highest BCUT2D eigenvalue weighted by Gasteiger charge is 2.18. The molecule has 1 aromatic heterocycles. The van der Waals surface area contributed by atoms with E-state index >= 15 is 0 Å². The van der Waals surface area contributed by atoms with Crippen LogP contribution in [0.4, 0.5) is 0 Å². The lowest BCUT2D eigenvalue weighted by atomic mass is 10.0. The Balaban J connectivity index is 2.85. The summed E-state index contributed by atoms with van der Waals surface area (Å²) in [4.78, 5) is 0. The van der Waals surface area contributed by atoms with Gasteiger partial charge in [0.1, 0.15) is 0 Å². The molecule has 1 aromatic rings. The van der Waals surface area contributed by atoms with Gasteiger partial charge >= 0.3 is 0 Å². The average Bonchev–Trinajstić information content (AvgIpc) is 2.38. The lowest BCUT2D eigenvalue weighted by Gasteiger charge is -2.21. The average molecular weight is 139 g/mol. The summed E-state index contributed by atoms with van der Waals surface area (Å²) in [6.07, 6.45) is 1.76. The van der Waals surface area contributed by atoms with Crippen molar-refractivity contribution < 1.29 is 0 Å². The van der Waals surface area contributed by atoms with Crippen LogP contribution in [0.1, 0.15) is 19.5 Å². The van der Waals surface area contributed by atoms with Crippen molar-refractivity contribution in [2.45, 2.75) is 19.4 Å². The van der Waals surface area contributed by atoms with Crippen molar-refractivity contribution in [3.8, 4) is 0 Å². The summed E-state index contributed by atoms with van der Waals surface area (Å²) in [6.45, 7) is 4.20. The Bertz CT molecular complexity index is 189. The van der Waals surface area contributed by atoms with E-state index in [4.69, 9.17) is 0 Å². The van der Waals surface area contributed by atoms with Crippen LogP contribution in [-0.2, 0) is 5.54 Å². The van der Waals surface area contributed by atoms with Crippen molar-refractivity contribution in [1.29, 1.82) is 0 Å². The number of hydrogen-bond donors (Lipinski definition) is 2. The van der Waals surface area contributed by atoms with Crippen LogP contribution in [0.15, 0.2) is 12.3 Å². The molecule has 0 amide bonds. The minimum atomic E-state index is -0.00347. The quantitative estimate of drug-likeness (QED) is 0.638. The van der Waals surface area contributed by atoms with Gasteiger partial charge in [0.25, 0.3) is 0 Å². The van der Waals surface area contributed by atoms with E-state index in [-0.39, 0.29) is 5.54 Å². The van der Waals surface area contributed by atoms with Crippen LogP contribution in [0.3, 0.4) is 0 Å². The summed E-state index contributed by atoms with van der Waals surface area (Å²) in [6, 6.07) is 1.97. The van der Waals surface area contributed by atoms with Gasteiger partial charge in [-0.25, -0.2) is 0 Å². The molecule has 0 radical (unpaired) electrons. The van der Waals surface area contributed by atoms with E-state index < -0.39 is 0 Å². The molecule has 3 nitrogen and oxygen atoms in total. The van der Waals surface area contributed by atoms with Gasteiger partial charge in [0, 0.05) is 6.20 Å². The Kier molecular flexibility index (Phi) is 1.76. The molecule has 0 aliphatic carbocycles. The second-order valence-electron chi connectivity index (χ2n) is 2.85. The second kappa shape index (κ2) is 2.42. The molecular weight excluding hydrogens is 126 g/mol. The summed E-state index contributed by atoms with van der Waals surface area (Å²) in [5.41, 5.74) is 1.10. The number of aromatic amines is 1. The van der Waals surface area contributed by atoms with E-state index in [0.717, 1.165) is 5.69 Å². The fourth-order valence-electron chi connectivity index (χ4n) is 0.739. The van der Waals surface area contributed by atoms with E-state index in [1.165, 1.54) is 0 Å². The first-order valence-electron chi connectivity index (χ1n) is 3.35. The number of aromatic nitrogens is 2. The third-order valence-corrected chi connectivity index (χ3v) is 1.80. The van der Waals surface area contributed by atoms with Gasteiger partial charge in [0.05, 0.1) is 11.2 Å². The maximum Gasteiger partial charge on any atom is 0.0547 e. The van der Waals surface area contributed by atoms with Crippen molar-refractivity contribution >= 4 is 0 Å². The molecule has 0 aromatic carbocycles. The van der Waals surface area contributed by atoms with Crippen molar-refractivity contribution in [1.82, 2.24) is 15.5 Å². The van der Waals surface area contributed by atoms with E-state index in [1.807, 2.05) is 13.1 Å². The molecule has 0 bridgehead atoms. The normalized spacial score (nSPS) is 11.9. The van der Waals surface area contributed by atoms with Crippen LogP contribution in [0.25, 0.3) is 0 Å². The van der Waals surface area contributed by atoms with Crippen LogP contribution in [-0.4, -0.2) is 17.2 Å². The minimum absolute atomic E-state index is 0.00347. The Morgan fingerprint density at radius 1 is 1.60 bits per heavy atom. The monoisotopic (exact) mass is 139 g/mol. The summed E-state index contributed by atoms with van der Waals surface area (Å²) >= 11 is 0. The van der Waals surface area contributed by atoms with Crippen LogP contribution >= 0.6 is 0 Å². The van der Waals surface area contributed by atoms with Gasteiger partial charge in [-0.1, -0.05) is 0 Å². The lowest BCUT2D eigenvalue weighted by molar-refractivity contribution is 0.430. The first-order valence-corrected chi connectivity index (χ1v) is 3.35. The zero-order chi connectivity index (χ0) is 7.61. The maximum atomic E-state index is 3.87. The van der Waals surface area contributed by atoms with Crippen LogP contribution in [0.5, 0.6) is 0 Å². The van der Waals surface area contributed by atoms with E-state index in [2.05, 4.69) is 29.4 Å². The molecule has 0 fully saturated rings. The van der Waals surface area contributed by atoms with Crippen molar-refractivity contribution in [2.24, 2.45) is 0 Å². The topological polar surface area (TPSA) is 40.7 Å². The Labute approximate surface area is 60.8 Å². The predicted octanol–water partition coefficient (Wildman–Crippen LogP) is 0.864. The molecule has 0 aliphatic heterocycles. The van der Waals surface area contributed by atoms with E-state index in [1.54, 1.807) is 6.20 Å². The number of nitrogens with one attached hydrogen (secondary N) is 2. The third kappa shape index (κ3) is 1.19. The molecule has 0 saturated carbocycles. The van der Waals surface area contributed by atoms with Gasteiger partial charge in [-0.2, -0.15) is 5.10 Å². The Hall–Kier alpha value is -0.830. The molecule has 0 saturated heterocycles. The summed E-state index contributed by atoms with van der Waals surface area (Å²) in [5, 5.41) is 9.96. The minimum Gasteiger partial charge on any atom is -0.310 e. The first kappa shape index (κ1) is 7.28. The van der Waals surface area contributed by atoms with Gasteiger partial charge in [0.2, 0.25) is 0 Å². The first-order chi connectivity index (χ1) is 4.67. The van der Waals surface area contributed by atoms with E-state index in [9.17, 15) is 0 Å². The van der Waals surface area contributed by atoms with Crippen molar-refractivity contribution in [3.05, 3.63) is 18.0 Å². The Morgan fingerprint density at radius 2 is 2.30 bits per heavy atom. The van der Waals surface area contributed by atoms with Crippen LogP contribution < -0.4 is 5.32 Å². The number of rotatable bonds is 2. The van der Waals surface area contributed by atoms with Gasteiger partial charge in [0.15, 0.2) is 0 Å². The molecular formula is C7H13N3.